The number of primary amides is 1. The maximum Gasteiger partial charge on any atom is 0.269 e. The lowest BCUT2D eigenvalue weighted by atomic mass is 9.83. The number of hydrogen-bond donors (Lipinski definition) is 2. The van der Waals surface area contributed by atoms with Crippen molar-refractivity contribution in [2.24, 2.45) is 11.7 Å². The number of carbonyl (C=O) groups is 5. The number of ether oxygens (including phenoxy) is 1. The van der Waals surface area contributed by atoms with Gasteiger partial charge in [-0.15, -0.1) is 0 Å². The molecule has 2 fully saturated rings. The maximum absolute atomic E-state index is 12.9. The molecule has 3 N–H and O–H groups in total. The zero-order valence-corrected chi connectivity index (χ0v) is 20.4. The van der Waals surface area contributed by atoms with Crippen molar-refractivity contribution < 1.29 is 28.7 Å². The first-order chi connectivity index (χ1) is 17.8. The predicted molar refractivity (Wildman–Crippen MR) is 130 cm³/mol. The molecule has 37 heavy (non-hydrogen) atoms. The number of imide groups is 2. The highest BCUT2D eigenvalue weighted by Crippen LogP contribution is 2.34. The van der Waals surface area contributed by atoms with Gasteiger partial charge in [-0.25, -0.2) is 0 Å². The van der Waals surface area contributed by atoms with Gasteiger partial charge in [-0.2, -0.15) is 5.10 Å². The third kappa shape index (κ3) is 4.98. The molecule has 3 aliphatic rings. The molecule has 1 saturated carbocycles. The molecular formula is C26H29N5O6. The number of nitrogens with one attached hydrogen (secondary N) is 1. The van der Waals surface area contributed by atoms with Gasteiger partial charge >= 0.3 is 0 Å². The molecule has 5 rings (SSSR count). The summed E-state index contributed by atoms with van der Waals surface area (Å²) in [6.07, 6.45) is 8.03. The minimum Gasteiger partial charge on any atom is -0.494 e. The Kier molecular flexibility index (Phi) is 6.77. The Hall–Kier alpha value is -4.02. The first-order valence-corrected chi connectivity index (χ1v) is 12.6. The monoisotopic (exact) mass is 507 g/mol. The summed E-state index contributed by atoms with van der Waals surface area (Å²) in [5, 5.41) is 6.47. The van der Waals surface area contributed by atoms with Crippen molar-refractivity contribution in [3.63, 3.8) is 0 Å². The smallest absolute Gasteiger partial charge is 0.269 e. The number of amides is 5. The Balaban J connectivity index is 1.09. The van der Waals surface area contributed by atoms with E-state index in [0.717, 1.165) is 43.4 Å². The van der Waals surface area contributed by atoms with E-state index in [2.05, 4.69) is 10.4 Å². The van der Waals surface area contributed by atoms with Gasteiger partial charge in [-0.05, 0) is 75.1 Å². The largest absolute Gasteiger partial charge is 0.494 e. The Labute approximate surface area is 213 Å². The minimum atomic E-state index is -0.983. The van der Waals surface area contributed by atoms with Gasteiger partial charge in [0.1, 0.15) is 17.5 Å². The summed E-state index contributed by atoms with van der Waals surface area (Å²) in [6, 6.07) is 5.72. The van der Waals surface area contributed by atoms with Gasteiger partial charge in [0.2, 0.25) is 11.8 Å². The molecule has 2 aliphatic heterocycles. The van der Waals surface area contributed by atoms with Crippen LogP contribution in [0, 0.1) is 5.92 Å². The third-order valence-corrected chi connectivity index (χ3v) is 7.49. The fourth-order valence-electron chi connectivity index (χ4n) is 5.47. The lowest BCUT2D eigenvalue weighted by Gasteiger charge is -2.28. The zero-order chi connectivity index (χ0) is 26.1. The van der Waals surface area contributed by atoms with Crippen LogP contribution in [-0.2, 0) is 9.59 Å². The van der Waals surface area contributed by atoms with E-state index in [9.17, 15) is 24.0 Å². The number of nitrogens with two attached hydrogens (primary N) is 1. The molecule has 11 nitrogen and oxygen atoms in total. The Morgan fingerprint density at radius 1 is 1.03 bits per heavy atom. The van der Waals surface area contributed by atoms with E-state index >= 15 is 0 Å². The normalized spacial score (nSPS) is 23.7. The van der Waals surface area contributed by atoms with Crippen LogP contribution in [0.4, 0.5) is 0 Å². The molecule has 2 aromatic rings. The van der Waals surface area contributed by atoms with E-state index in [1.54, 1.807) is 24.3 Å². The predicted octanol–water partition coefficient (Wildman–Crippen LogP) is 1.97. The number of aromatic nitrogens is 2. The average molecular weight is 508 g/mol. The van der Waals surface area contributed by atoms with Gasteiger partial charge in [0.15, 0.2) is 0 Å². The molecule has 0 spiro atoms. The Morgan fingerprint density at radius 3 is 2.49 bits per heavy atom. The number of hydrogen-bond acceptors (Lipinski definition) is 7. The van der Waals surface area contributed by atoms with Crippen LogP contribution in [0.2, 0.25) is 0 Å². The van der Waals surface area contributed by atoms with Crippen LogP contribution < -0.4 is 15.8 Å². The quantitative estimate of drug-likeness (QED) is 0.409. The summed E-state index contributed by atoms with van der Waals surface area (Å²) >= 11 is 0. The van der Waals surface area contributed by atoms with Gasteiger partial charge < -0.3 is 10.5 Å². The summed E-state index contributed by atoms with van der Waals surface area (Å²) < 4.78 is 7.72. The van der Waals surface area contributed by atoms with Crippen molar-refractivity contribution in [2.75, 3.05) is 6.61 Å². The number of carbonyl (C=O) groups excluding carboxylic acids is 5. The molecule has 1 saturated heterocycles. The van der Waals surface area contributed by atoms with E-state index in [-0.39, 0.29) is 30.0 Å². The van der Waals surface area contributed by atoms with Crippen molar-refractivity contribution in [1.82, 2.24) is 20.0 Å². The molecule has 1 aliphatic carbocycles. The average Bonchev–Trinajstić information content (AvgIpc) is 3.47. The van der Waals surface area contributed by atoms with Crippen LogP contribution in [-0.4, -0.2) is 56.9 Å². The summed E-state index contributed by atoms with van der Waals surface area (Å²) in [6.45, 7) is 0.485. The van der Waals surface area contributed by atoms with Gasteiger partial charge in [-0.3, -0.25) is 38.9 Å². The number of nitrogens with zero attached hydrogens (tertiary/aromatic N) is 3. The fraction of sp³-hybridized carbons (Fsp3) is 0.462. The summed E-state index contributed by atoms with van der Waals surface area (Å²) in [5.74, 6) is -1.53. The lowest BCUT2D eigenvalue weighted by molar-refractivity contribution is -0.136. The van der Waals surface area contributed by atoms with E-state index in [4.69, 9.17) is 10.5 Å². The molecule has 5 amide bonds. The number of benzene rings is 1. The van der Waals surface area contributed by atoms with Crippen molar-refractivity contribution >= 4 is 29.5 Å². The number of fused-ring (bicyclic) bond motifs is 1. The van der Waals surface area contributed by atoms with Crippen LogP contribution in [0.15, 0.2) is 30.5 Å². The van der Waals surface area contributed by atoms with Crippen molar-refractivity contribution in [1.29, 1.82) is 0 Å². The van der Waals surface area contributed by atoms with Crippen molar-refractivity contribution in [2.45, 2.75) is 63.5 Å². The molecular weight excluding hydrogens is 478 g/mol. The lowest BCUT2D eigenvalue weighted by Crippen LogP contribution is -2.54. The van der Waals surface area contributed by atoms with Crippen molar-refractivity contribution in [3.05, 3.63) is 47.3 Å². The van der Waals surface area contributed by atoms with Gasteiger partial charge in [-0.1, -0.05) is 0 Å². The van der Waals surface area contributed by atoms with Crippen molar-refractivity contribution in [3.8, 4) is 5.75 Å². The first-order valence-electron chi connectivity index (χ1n) is 12.6. The van der Waals surface area contributed by atoms with Gasteiger partial charge in [0, 0.05) is 12.6 Å². The van der Waals surface area contributed by atoms with E-state index in [1.807, 2.05) is 10.9 Å². The molecule has 0 radical (unpaired) electrons. The molecule has 1 aromatic heterocycles. The van der Waals surface area contributed by atoms with Crippen LogP contribution >= 0.6 is 0 Å². The molecule has 11 heteroatoms. The van der Waals surface area contributed by atoms with Gasteiger partial charge in [0.05, 0.1) is 23.8 Å². The summed E-state index contributed by atoms with van der Waals surface area (Å²) in [5.41, 5.74) is 6.03. The zero-order valence-electron chi connectivity index (χ0n) is 20.4. The maximum atomic E-state index is 12.9. The second-order valence-corrected chi connectivity index (χ2v) is 9.87. The minimum absolute atomic E-state index is 0.0826. The SMILES string of the molecule is NC(=O)c1ccn(C2CCC(CCCOc3ccc4c(c3)C(=O)N(C3CCC(=O)NC3=O)C4=O)CC2)n1. The Bertz CT molecular complexity index is 1260. The fourth-order valence-corrected chi connectivity index (χ4v) is 5.47. The molecule has 1 atom stereocenters. The second kappa shape index (κ2) is 10.2. The highest BCUT2D eigenvalue weighted by molar-refractivity contribution is 6.23. The van der Waals surface area contributed by atoms with E-state index in [1.165, 1.54) is 0 Å². The summed E-state index contributed by atoms with van der Waals surface area (Å²) in [4.78, 5) is 61.6. The molecule has 1 aromatic carbocycles. The van der Waals surface area contributed by atoms with Crippen LogP contribution in [0.1, 0.15) is 88.6 Å². The standard InChI is InChI=1S/C26H29N5O6/c27-23(33)20-11-12-30(29-20)16-5-3-15(4-6-16)2-1-13-37-17-7-8-18-19(14-17)26(36)31(25(18)35)21-9-10-22(32)28-24(21)34/h7-8,11-12,14-16,21H,1-6,9-10,13H2,(H2,27,33)(H,28,32,34). The molecule has 0 bridgehead atoms. The summed E-state index contributed by atoms with van der Waals surface area (Å²) in [7, 11) is 0. The first kappa shape index (κ1) is 24.7. The van der Waals surface area contributed by atoms with E-state index < -0.39 is 35.6 Å². The van der Waals surface area contributed by atoms with E-state index in [0.29, 0.717) is 24.0 Å². The van der Waals surface area contributed by atoms with Gasteiger partial charge in [0.25, 0.3) is 17.7 Å². The molecule has 194 valence electrons. The number of piperidine rings is 1. The molecule has 3 heterocycles. The van der Waals surface area contributed by atoms with Crippen LogP contribution in [0.25, 0.3) is 0 Å². The number of rotatable bonds is 8. The van der Waals surface area contributed by atoms with Crippen LogP contribution in [0.3, 0.4) is 0 Å². The highest BCUT2D eigenvalue weighted by Gasteiger charge is 2.44. The second-order valence-electron chi connectivity index (χ2n) is 9.87. The Morgan fingerprint density at radius 2 is 1.78 bits per heavy atom. The van der Waals surface area contributed by atoms with Crippen LogP contribution in [0.5, 0.6) is 5.75 Å². The third-order valence-electron chi connectivity index (χ3n) is 7.49. The topological polar surface area (TPSA) is 154 Å². The molecule has 1 unspecified atom stereocenters. The highest BCUT2D eigenvalue weighted by atomic mass is 16.5.